The molecule has 0 radical (unpaired) electrons. The second kappa shape index (κ2) is 7.48. The van der Waals surface area contributed by atoms with Crippen LogP contribution in [0.3, 0.4) is 0 Å². The lowest BCUT2D eigenvalue weighted by atomic mass is 10.1. The molecule has 126 valence electrons. The Hall–Kier alpha value is -2.77. The fourth-order valence-corrected chi connectivity index (χ4v) is 1.66. The van der Waals surface area contributed by atoms with Crippen molar-refractivity contribution in [2.75, 3.05) is 24.2 Å². The Morgan fingerprint density at radius 1 is 1.17 bits per heavy atom. The summed E-state index contributed by atoms with van der Waals surface area (Å²) >= 11 is 0. The Bertz CT molecular complexity index is 608. The van der Waals surface area contributed by atoms with Crippen LogP contribution in [0.15, 0.2) is 18.2 Å². The third-order valence-electron chi connectivity index (χ3n) is 2.60. The molecule has 1 aromatic rings. The fraction of sp³-hybridized carbons (Fsp3) is 0.400. The molecule has 0 atom stereocenters. The number of alkyl carbamates (subject to hydrolysis) is 1. The summed E-state index contributed by atoms with van der Waals surface area (Å²) < 4.78 is 5.01. The molecule has 1 aromatic carbocycles. The Kier molecular flexibility index (Phi) is 5.94. The molecule has 0 aromatic heterocycles. The van der Waals surface area contributed by atoms with Crippen molar-refractivity contribution in [3.63, 3.8) is 0 Å². The topological polar surface area (TPSA) is 117 Å². The predicted molar refractivity (Wildman–Crippen MR) is 85.8 cm³/mol. The maximum atomic E-state index is 11.9. The highest BCUT2D eigenvalue weighted by Gasteiger charge is 2.17. The lowest BCUT2D eigenvalue weighted by Gasteiger charge is -2.19. The normalized spacial score (nSPS) is 10.6. The van der Waals surface area contributed by atoms with Crippen molar-refractivity contribution in [3.05, 3.63) is 23.8 Å². The molecule has 23 heavy (non-hydrogen) atoms. The molecule has 0 aliphatic heterocycles. The third-order valence-corrected chi connectivity index (χ3v) is 2.60. The molecule has 4 N–H and O–H groups in total. The van der Waals surface area contributed by atoms with E-state index in [0.29, 0.717) is 11.4 Å². The molecule has 0 aliphatic rings. The first-order valence-electron chi connectivity index (χ1n) is 6.94. The van der Waals surface area contributed by atoms with Gasteiger partial charge >= 0.3 is 12.1 Å². The highest BCUT2D eigenvalue weighted by atomic mass is 16.6. The molecule has 0 spiro atoms. The smallest absolute Gasteiger partial charge is 0.408 e. The van der Waals surface area contributed by atoms with E-state index in [9.17, 15) is 14.4 Å². The van der Waals surface area contributed by atoms with E-state index < -0.39 is 23.6 Å². The Morgan fingerprint density at radius 3 is 2.35 bits per heavy atom. The number of anilines is 2. The zero-order valence-corrected chi connectivity index (χ0v) is 13.5. The lowest BCUT2D eigenvalue weighted by molar-refractivity contribution is -0.115. The number of ether oxygens (including phenoxy) is 1. The highest BCUT2D eigenvalue weighted by molar-refractivity contribution is 5.99. The standard InChI is InChI=1S/C15H21N3O5/c1-15(2,3)23-14(22)17-8-12(19)18-11-7-9(13(20)21)5-6-10(11)16-4/h5-7,16H,8H2,1-4H3,(H,17,22)(H,18,19)(H,20,21). The largest absolute Gasteiger partial charge is 0.478 e. The van der Waals surface area contributed by atoms with E-state index in [4.69, 9.17) is 9.84 Å². The second-order valence-electron chi connectivity index (χ2n) is 5.72. The Balaban J connectivity index is 2.68. The van der Waals surface area contributed by atoms with Crippen LogP contribution < -0.4 is 16.0 Å². The molecular formula is C15H21N3O5. The van der Waals surface area contributed by atoms with Gasteiger partial charge in [-0.15, -0.1) is 0 Å². The van der Waals surface area contributed by atoms with Crippen LogP contribution in [0.5, 0.6) is 0 Å². The third kappa shape index (κ3) is 6.25. The zero-order valence-electron chi connectivity index (χ0n) is 13.5. The van der Waals surface area contributed by atoms with Gasteiger partial charge in [0.15, 0.2) is 0 Å². The van der Waals surface area contributed by atoms with Gasteiger partial charge in [-0.3, -0.25) is 4.79 Å². The average Bonchev–Trinajstić information content (AvgIpc) is 2.43. The van der Waals surface area contributed by atoms with Crippen molar-refractivity contribution in [3.8, 4) is 0 Å². The van der Waals surface area contributed by atoms with Crippen LogP contribution >= 0.6 is 0 Å². The van der Waals surface area contributed by atoms with Gasteiger partial charge in [0.25, 0.3) is 0 Å². The number of carbonyl (C=O) groups excluding carboxylic acids is 2. The number of benzene rings is 1. The number of carboxylic acid groups (broad SMARTS) is 1. The molecule has 0 aliphatic carbocycles. The minimum absolute atomic E-state index is 0.0411. The maximum absolute atomic E-state index is 11.9. The van der Waals surface area contributed by atoms with Crippen molar-refractivity contribution in [2.45, 2.75) is 26.4 Å². The van der Waals surface area contributed by atoms with Crippen molar-refractivity contribution in [2.24, 2.45) is 0 Å². The molecule has 0 saturated carbocycles. The number of amides is 2. The molecule has 8 heteroatoms. The van der Waals surface area contributed by atoms with Crippen LogP contribution in [-0.4, -0.2) is 42.3 Å². The van der Waals surface area contributed by atoms with Crippen molar-refractivity contribution < 1.29 is 24.2 Å². The van der Waals surface area contributed by atoms with E-state index in [0.717, 1.165) is 0 Å². The minimum Gasteiger partial charge on any atom is -0.478 e. The number of aromatic carboxylic acids is 1. The molecule has 2 amide bonds. The number of carbonyl (C=O) groups is 3. The minimum atomic E-state index is -1.10. The van der Waals surface area contributed by atoms with Gasteiger partial charge in [-0.2, -0.15) is 0 Å². The van der Waals surface area contributed by atoms with E-state index in [1.165, 1.54) is 12.1 Å². The summed E-state index contributed by atoms with van der Waals surface area (Å²) in [6.07, 6.45) is -0.708. The summed E-state index contributed by atoms with van der Waals surface area (Å²) in [5, 5.41) is 16.7. The van der Waals surface area contributed by atoms with Gasteiger partial charge in [0, 0.05) is 7.05 Å². The average molecular weight is 323 g/mol. The number of rotatable bonds is 5. The summed E-state index contributed by atoms with van der Waals surface area (Å²) in [4.78, 5) is 34.3. The van der Waals surface area contributed by atoms with Gasteiger partial charge in [-0.1, -0.05) is 0 Å². The summed E-state index contributed by atoms with van der Waals surface area (Å²) in [6, 6.07) is 4.29. The van der Waals surface area contributed by atoms with E-state index in [2.05, 4.69) is 16.0 Å². The van der Waals surface area contributed by atoms with Gasteiger partial charge in [-0.05, 0) is 39.0 Å². The van der Waals surface area contributed by atoms with Crippen molar-refractivity contribution in [1.82, 2.24) is 5.32 Å². The highest BCUT2D eigenvalue weighted by Crippen LogP contribution is 2.22. The first-order chi connectivity index (χ1) is 10.6. The fourth-order valence-electron chi connectivity index (χ4n) is 1.66. The number of nitrogens with one attached hydrogen (secondary N) is 3. The number of carboxylic acids is 1. The zero-order chi connectivity index (χ0) is 17.6. The number of hydrogen-bond acceptors (Lipinski definition) is 5. The summed E-state index contributed by atoms with van der Waals surface area (Å²) in [5.41, 5.74) is 0.249. The molecule has 0 saturated heterocycles. The van der Waals surface area contributed by atoms with Gasteiger partial charge in [0.1, 0.15) is 12.1 Å². The Labute approximate surface area is 134 Å². The molecule has 0 fully saturated rings. The summed E-state index contributed by atoms with van der Waals surface area (Å²) in [5.74, 6) is -1.61. The second-order valence-corrected chi connectivity index (χ2v) is 5.72. The van der Waals surface area contributed by atoms with Gasteiger partial charge < -0.3 is 25.8 Å². The predicted octanol–water partition coefficient (Wildman–Crippen LogP) is 1.89. The number of hydrogen-bond donors (Lipinski definition) is 4. The lowest BCUT2D eigenvalue weighted by Crippen LogP contribution is -2.37. The molecule has 0 unspecified atom stereocenters. The summed E-state index contributed by atoms with van der Waals surface area (Å²) in [6.45, 7) is 4.84. The van der Waals surface area contributed by atoms with E-state index in [1.807, 2.05) is 0 Å². The van der Waals surface area contributed by atoms with Crippen molar-refractivity contribution in [1.29, 1.82) is 0 Å². The molecule has 0 bridgehead atoms. The van der Waals surface area contributed by atoms with E-state index in [1.54, 1.807) is 33.9 Å². The molecule has 8 nitrogen and oxygen atoms in total. The molecule has 0 heterocycles. The van der Waals surface area contributed by atoms with Gasteiger partial charge in [0.2, 0.25) is 5.91 Å². The van der Waals surface area contributed by atoms with Gasteiger partial charge in [-0.25, -0.2) is 9.59 Å². The van der Waals surface area contributed by atoms with Crippen molar-refractivity contribution >= 4 is 29.3 Å². The van der Waals surface area contributed by atoms with Gasteiger partial charge in [0.05, 0.1) is 16.9 Å². The maximum Gasteiger partial charge on any atom is 0.408 e. The van der Waals surface area contributed by atoms with Crippen LogP contribution in [-0.2, 0) is 9.53 Å². The Morgan fingerprint density at radius 2 is 1.83 bits per heavy atom. The van der Waals surface area contributed by atoms with Crippen LogP contribution in [0.4, 0.5) is 16.2 Å². The van der Waals surface area contributed by atoms with E-state index >= 15 is 0 Å². The monoisotopic (exact) mass is 323 g/mol. The van der Waals surface area contributed by atoms with E-state index in [-0.39, 0.29) is 12.1 Å². The first kappa shape index (κ1) is 18.3. The van der Waals surface area contributed by atoms with Crippen LogP contribution in [0.2, 0.25) is 0 Å². The van der Waals surface area contributed by atoms with Crippen LogP contribution in [0.1, 0.15) is 31.1 Å². The quantitative estimate of drug-likeness (QED) is 0.657. The molecular weight excluding hydrogens is 302 g/mol. The molecule has 1 rings (SSSR count). The SMILES string of the molecule is CNc1ccc(C(=O)O)cc1NC(=O)CNC(=O)OC(C)(C)C. The summed E-state index contributed by atoms with van der Waals surface area (Å²) in [7, 11) is 1.64. The van der Waals surface area contributed by atoms with Crippen LogP contribution in [0, 0.1) is 0 Å². The first-order valence-corrected chi connectivity index (χ1v) is 6.94. The van der Waals surface area contributed by atoms with Crippen LogP contribution in [0.25, 0.3) is 0 Å².